The van der Waals surface area contributed by atoms with Gasteiger partial charge in [-0.15, -0.1) is 0 Å². The second kappa shape index (κ2) is 19.9. The Morgan fingerprint density at radius 3 is 1.65 bits per heavy atom. The molecule has 6 aromatic heterocycles. The molecule has 0 radical (unpaired) electrons. The van der Waals surface area contributed by atoms with Crippen molar-refractivity contribution >= 4 is 106 Å². The molecule has 4 aromatic carbocycles. The summed E-state index contributed by atoms with van der Waals surface area (Å²) in [6.07, 6.45) is 7.28. The highest BCUT2D eigenvalue weighted by Crippen LogP contribution is 2.31. The number of nitrogens with zero attached hydrogens (tertiary/aromatic N) is 8. The number of carbonyl (C=O) groups excluding carboxylic acids is 2. The molecular weight excluding hydrogens is 888 g/mol. The fraction of sp³-hybridized carbons (Fsp3) is 0.160. The molecule has 3 N–H and O–H groups in total. The molecule has 0 spiro atoms. The van der Waals surface area contributed by atoms with Crippen molar-refractivity contribution in [2.45, 2.75) is 40.0 Å². The summed E-state index contributed by atoms with van der Waals surface area (Å²) < 4.78 is 9.39. The van der Waals surface area contributed by atoms with Gasteiger partial charge in [-0.25, -0.2) is 54.3 Å². The Morgan fingerprint density at radius 2 is 1.07 bits per heavy atom. The molecule has 0 saturated carbocycles. The summed E-state index contributed by atoms with van der Waals surface area (Å²) in [5.74, 6) is 0.817. The second-order valence-corrected chi connectivity index (χ2v) is 15.4. The number of methoxy groups -OCH3 is 2. The Hall–Kier alpha value is -8.57. The maximum absolute atomic E-state index is 12.1. The van der Waals surface area contributed by atoms with Crippen LogP contribution in [0.4, 0.5) is 11.5 Å². The van der Waals surface area contributed by atoms with E-state index in [1.165, 1.54) is 14.2 Å². The molecule has 0 fully saturated rings. The number of aromatic amines is 1. The summed E-state index contributed by atoms with van der Waals surface area (Å²) in [6, 6.07) is 24.7. The summed E-state index contributed by atoms with van der Waals surface area (Å²) in [5, 5.41) is 17.6. The zero-order valence-corrected chi connectivity index (χ0v) is 38.0. The number of para-hydroxylation sites is 1. The minimum atomic E-state index is -0.982. The van der Waals surface area contributed by atoms with Gasteiger partial charge in [-0.3, -0.25) is 4.79 Å². The Labute approximate surface area is 391 Å². The van der Waals surface area contributed by atoms with Crippen LogP contribution in [-0.2, 0) is 28.7 Å². The largest absolute Gasteiger partial charge is 0.478 e. The first-order chi connectivity index (χ1) is 32.9. The third kappa shape index (κ3) is 9.41. The summed E-state index contributed by atoms with van der Waals surface area (Å²) >= 11 is 6.21. The van der Waals surface area contributed by atoms with E-state index in [1.54, 1.807) is 67.1 Å². The first-order valence-electron chi connectivity index (χ1n) is 21.3. The molecule has 6 heterocycles. The molecule has 0 aliphatic rings. The fourth-order valence-electron chi connectivity index (χ4n) is 7.34. The predicted octanol–water partition coefficient (Wildman–Crippen LogP) is 9.18. The van der Waals surface area contributed by atoms with Crippen LogP contribution in [0.25, 0.3) is 65.4 Å². The number of benzene rings is 4. The molecule has 0 saturated heterocycles. The van der Waals surface area contributed by atoms with Gasteiger partial charge in [-0.05, 0) is 48.5 Å². The number of carboxylic acids is 1. The molecule has 68 heavy (non-hydrogen) atoms. The van der Waals surface area contributed by atoms with E-state index in [9.17, 15) is 24.3 Å². The van der Waals surface area contributed by atoms with Crippen molar-refractivity contribution in [2.75, 3.05) is 19.5 Å². The van der Waals surface area contributed by atoms with Crippen molar-refractivity contribution in [3.63, 3.8) is 0 Å². The van der Waals surface area contributed by atoms with E-state index in [0.717, 1.165) is 62.6 Å². The number of pyridine rings is 3. The Bertz CT molecular complexity index is 3670. The van der Waals surface area contributed by atoms with Gasteiger partial charge in [-0.2, -0.15) is 0 Å². The van der Waals surface area contributed by atoms with Gasteiger partial charge in [0.1, 0.15) is 34.0 Å². The van der Waals surface area contributed by atoms with Crippen LogP contribution < -0.4 is 10.9 Å². The van der Waals surface area contributed by atoms with Crippen LogP contribution >= 0.6 is 11.6 Å². The predicted molar refractivity (Wildman–Crippen MR) is 260 cm³/mol. The van der Waals surface area contributed by atoms with Gasteiger partial charge >= 0.3 is 17.9 Å². The minimum absolute atomic E-state index is 0.195. The van der Waals surface area contributed by atoms with E-state index in [1.807, 2.05) is 57.2 Å². The molecule has 340 valence electrons. The molecule has 10 aromatic rings. The van der Waals surface area contributed by atoms with Gasteiger partial charge in [0.15, 0.2) is 11.0 Å². The Kier molecular flexibility index (Phi) is 13.4. The lowest BCUT2D eigenvalue weighted by Gasteiger charge is -2.12. The fourth-order valence-corrected chi connectivity index (χ4v) is 7.57. The van der Waals surface area contributed by atoms with Crippen molar-refractivity contribution in [3.8, 4) is 0 Å². The SMILES string of the molecule is CCc1ncc2c(n1)c(=O)[nH]c1cc(C(=O)OC)ccc12.CCc1ncc2c(n1)c(Cl)nc1cc(C(=O)OC)ccc12.CCc1ncc2c(n1)c(Nc1ccccc1)nc1cc(C(=O)O)ccc12. The maximum Gasteiger partial charge on any atom is 0.337 e. The molecular formula is C50H41ClN10O7. The third-order valence-electron chi connectivity index (χ3n) is 10.8. The zero-order chi connectivity index (χ0) is 48.1. The number of esters is 2. The van der Waals surface area contributed by atoms with Gasteiger partial charge in [0.25, 0.3) is 5.56 Å². The molecule has 0 aliphatic heterocycles. The number of ether oxygens (including phenoxy) is 2. The van der Waals surface area contributed by atoms with E-state index in [2.05, 4.69) is 54.9 Å². The van der Waals surface area contributed by atoms with Crippen LogP contribution in [0.15, 0.2) is 108 Å². The van der Waals surface area contributed by atoms with Crippen LogP contribution in [-0.4, -0.2) is 82.1 Å². The summed E-state index contributed by atoms with van der Waals surface area (Å²) in [6.45, 7) is 5.91. The van der Waals surface area contributed by atoms with Crippen molar-refractivity contribution in [1.82, 2.24) is 44.9 Å². The number of carbonyl (C=O) groups is 3. The number of aromatic nitrogens is 9. The van der Waals surface area contributed by atoms with Crippen molar-refractivity contribution < 1.29 is 29.0 Å². The lowest BCUT2D eigenvalue weighted by atomic mass is 10.1. The number of halogens is 1. The highest BCUT2D eigenvalue weighted by Gasteiger charge is 2.16. The summed E-state index contributed by atoms with van der Waals surface area (Å²) in [7, 11) is 2.66. The molecule has 0 amide bonds. The lowest BCUT2D eigenvalue weighted by molar-refractivity contribution is 0.0592. The van der Waals surface area contributed by atoms with Gasteiger partial charge < -0.3 is 24.9 Å². The first kappa shape index (κ1) is 46.0. The summed E-state index contributed by atoms with van der Waals surface area (Å²) in [4.78, 5) is 84.6. The van der Waals surface area contributed by atoms with E-state index >= 15 is 0 Å². The first-order valence-corrected chi connectivity index (χ1v) is 21.7. The van der Waals surface area contributed by atoms with E-state index in [-0.39, 0.29) is 11.1 Å². The van der Waals surface area contributed by atoms with Crippen molar-refractivity contribution in [1.29, 1.82) is 0 Å². The van der Waals surface area contributed by atoms with Crippen LogP contribution in [0.1, 0.15) is 69.3 Å². The minimum Gasteiger partial charge on any atom is -0.478 e. The zero-order valence-electron chi connectivity index (χ0n) is 37.3. The highest BCUT2D eigenvalue weighted by atomic mass is 35.5. The van der Waals surface area contributed by atoms with Gasteiger partial charge in [0.2, 0.25) is 0 Å². The summed E-state index contributed by atoms with van der Waals surface area (Å²) in [5.41, 5.74) is 5.06. The Balaban J connectivity index is 0.000000139. The number of H-pyrrole nitrogens is 1. The molecule has 0 bridgehead atoms. The average molecular weight is 929 g/mol. The number of fused-ring (bicyclic) bond motifs is 9. The number of anilines is 2. The van der Waals surface area contributed by atoms with E-state index in [0.29, 0.717) is 67.3 Å². The van der Waals surface area contributed by atoms with Crippen molar-refractivity contribution in [2.24, 2.45) is 0 Å². The molecule has 10 rings (SSSR count). The molecule has 0 aliphatic carbocycles. The average Bonchev–Trinajstić information content (AvgIpc) is 3.38. The Morgan fingerprint density at radius 1 is 0.588 bits per heavy atom. The standard InChI is InChI=1S/C20H16N4O2.C15H12ClN3O2.C15H13N3O3/c1-2-17-21-11-15-14-9-8-12(20(25)26)10-16(14)23-19(18(15)24-17)22-13-6-4-3-5-7-13;1-3-12-17-7-10-9-5-4-8(15(20)21-2)6-11(9)18-14(16)13(10)19-12;1-3-12-16-7-10-9-5-4-8(15(20)21-2)6-11(9)17-14(19)13(10)18-12/h3-11H,2H2,1H3,(H,22,23)(H,25,26);4-7H,3H2,1-2H3;4-7H,3H2,1-2H3,(H,17,19). The second-order valence-electron chi connectivity index (χ2n) is 15.0. The van der Waals surface area contributed by atoms with Crippen molar-refractivity contribution in [3.05, 3.63) is 153 Å². The monoisotopic (exact) mass is 928 g/mol. The number of nitrogens with one attached hydrogen (secondary N) is 2. The maximum atomic E-state index is 12.1. The molecule has 17 nitrogen and oxygen atoms in total. The normalized spacial score (nSPS) is 11.0. The van der Waals surface area contributed by atoms with Crippen LogP contribution in [0.2, 0.25) is 5.15 Å². The number of carboxylic acid groups (broad SMARTS) is 1. The van der Waals surface area contributed by atoms with Crippen LogP contribution in [0, 0.1) is 0 Å². The van der Waals surface area contributed by atoms with Gasteiger partial charge in [-0.1, -0.05) is 68.8 Å². The highest BCUT2D eigenvalue weighted by molar-refractivity contribution is 6.35. The molecule has 18 heteroatoms. The molecule has 0 atom stereocenters. The van der Waals surface area contributed by atoms with E-state index in [4.69, 9.17) is 16.3 Å². The quantitative estimate of drug-likeness (QED) is 0.0731. The van der Waals surface area contributed by atoms with Gasteiger partial charge in [0, 0.05) is 81.4 Å². The lowest BCUT2D eigenvalue weighted by Crippen LogP contribution is -2.11. The van der Waals surface area contributed by atoms with Crippen LogP contribution in [0.3, 0.4) is 0 Å². The topological polar surface area (TPSA) is 238 Å². The van der Waals surface area contributed by atoms with Crippen LogP contribution in [0.5, 0.6) is 0 Å². The smallest absolute Gasteiger partial charge is 0.337 e. The number of aromatic carboxylic acids is 1. The number of aryl methyl sites for hydroxylation is 3. The third-order valence-corrected chi connectivity index (χ3v) is 11.1. The number of hydrogen-bond acceptors (Lipinski definition) is 15. The number of rotatable bonds is 8. The van der Waals surface area contributed by atoms with Gasteiger partial charge in [0.05, 0.1) is 41.9 Å². The number of hydrogen-bond donors (Lipinski definition) is 3. The molecule has 0 unspecified atom stereocenters. The van der Waals surface area contributed by atoms with E-state index < -0.39 is 17.9 Å².